The molecule has 0 radical (unpaired) electrons. The first-order valence-electron chi connectivity index (χ1n) is 7.22. The van der Waals surface area contributed by atoms with Gasteiger partial charge in [-0.25, -0.2) is 14.0 Å². The van der Waals surface area contributed by atoms with Crippen LogP contribution in [0.4, 0.5) is 14.9 Å². The van der Waals surface area contributed by atoms with Gasteiger partial charge in [0.15, 0.2) is 6.04 Å². The van der Waals surface area contributed by atoms with Gasteiger partial charge in [-0.2, -0.15) is 0 Å². The average molecular weight is 321 g/mol. The molecule has 0 aliphatic carbocycles. The molecule has 0 fully saturated rings. The van der Waals surface area contributed by atoms with E-state index < -0.39 is 29.5 Å². The lowest BCUT2D eigenvalue weighted by Gasteiger charge is -2.35. The molecule has 6 heteroatoms. The number of carbonyl (C=O) groups is 2. The molecule has 2 rings (SSSR count). The Kier molecular flexibility index (Phi) is 4.45. The fourth-order valence-electron chi connectivity index (χ4n) is 2.40. The molecule has 0 N–H and O–H groups in total. The fourth-order valence-corrected chi connectivity index (χ4v) is 2.40. The van der Waals surface area contributed by atoms with Gasteiger partial charge in [-0.3, -0.25) is 4.90 Å². The number of nitrogens with zero attached hydrogens (tertiary/aromatic N) is 1. The number of ether oxygens (including phenoxy) is 2. The van der Waals surface area contributed by atoms with E-state index in [9.17, 15) is 14.0 Å². The molecule has 0 spiro atoms. The van der Waals surface area contributed by atoms with Crippen molar-refractivity contribution < 1.29 is 23.5 Å². The number of fused-ring (bicyclic) bond motifs is 1. The summed E-state index contributed by atoms with van der Waals surface area (Å²) in [6.45, 7) is 6.94. The number of allylic oxidation sites excluding steroid dienone is 1. The minimum atomic E-state index is -0.951. The van der Waals surface area contributed by atoms with E-state index in [1.54, 1.807) is 33.8 Å². The number of rotatable bonds is 1. The van der Waals surface area contributed by atoms with Crippen LogP contribution in [0.25, 0.3) is 5.57 Å². The highest BCUT2D eigenvalue weighted by atomic mass is 19.1. The first-order chi connectivity index (χ1) is 10.6. The second-order valence-corrected chi connectivity index (χ2v) is 6.33. The van der Waals surface area contributed by atoms with Crippen LogP contribution in [0.3, 0.4) is 0 Å². The van der Waals surface area contributed by atoms with Crippen molar-refractivity contribution in [3.05, 3.63) is 35.7 Å². The molecule has 0 bridgehead atoms. The van der Waals surface area contributed by atoms with Crippen molar-refractivity contribution in [2.75, 3.05) is 12.0 Å². The third kappa shape index (κ3) is 3.52. The van der Waals surface area contributed by atoms with Crippen LogP contribution in [0.5, 0.6) is 0 Å². The molecule has 124 valence electrons. The molecule has 1 aromatic rings. The number of halogens is 1. The molecular weight excluding hydrogens is 301 g/mol. The van der Waals surface area contributed by atoms with E-state index in [2.05, 4.69) is 0 Å². The van der Waals surface area contributed by atoms with E-state index in [1.807, 2.05) is 0 Å². The number of benzene rings is 1. The van der Waals surface area contributed by atoms with Crippen molar-refractivity contribution in [2.45, 2.75) is 39.3 Å². The normalized spacial score (nSPS) is 17.2. The van der Waals surface area contributed by atoms with E-state index in [4.69, 9.17) is 9.47 Å². The van der Waals surface area contributed by atoms with Crippen molar-refractivity contribution in [2.24, 2.45) is 0 Å². The van der Waals surface area contributed by atoms with Crippen LogP contribution in [0.2, 0.25) is 0 Å². The summed E-state index contributed by atoms with van der Waals surface area (Å²) in [5, 5.41) is 0. The van der Waals surface area contributed by atoms with Crippen LogP contribution in [0.15, 0.2) is 24.3 Å². The van der Waals surface area contributed by atoms with Crippen LogP contribution in [-0.2, 0) is 14.3 Å². The van der Waals surface area contributed by atoms with Crippen molar-refractivity contribution in [3.63, 3.8) is 0 Å². The van der Waals surface area contributed by atoms with Gasteiger partial charge in [0.05, 0.1) is 12.8 Å². The molecule has 5 nitrogen and oxygen atoms in total. The zero-order valence-corrected chi connectivity index (χ0v) is 13.8. The molecule has 1 aliphatic rings. The summed E-state index contributed by atoms with van der Waals surface area (Å²) in [6, 6.07) is 3.07. The van der Waals surface area contributed by atoms with Gasteiger partial charge in [0, 0.05) is 5.56 Å². The molecule has 1 atom stereocenters. The topological polar surface area (TPSA) is 55.8 Å². The predicted octanol–water partition coefficient (Wildman–Crippen LogP) is 3.53. The number of methoxy groups -OCH3 is 1. The van der Waals surface area contributed by atoms with Gasteiger partial charge in [0.25, 0.3) is 0 Å². The third-order valence-electron chi connectivity index (χ3n) is 3.36. The third-order valence-corrected chi connectivity index (χ3v) is 3.36. The Hall–Kier alpha value is -2.37. The lowest BCUT2D eigenvalue weighted by atomic mass is 9.96. The molecule has 1 heterocycles. The Morgan fingerprint density at radius 1 is 1.26 bits per heavy atom. The van der Waals surface area contributed by atoms with Gasteiger partial charge in [0.1, 0.15) is 11.4 Å². The van der Waals surface area contributed by atoms with Gasteiger partial charge in [0.2, 0.25) is 0 Å². The maximum absolute atomic E-state index is 13.5. The van der Waals surface area contributed by atoms with Crippen LogP contribution in [0, 0.1) is 5.82 Å². The molecule has 0 saturated heterocycles. The van der Waals surface area contributed by atoms with Crippen molar-refractivity contribution in [3.8, 4) is 0 Å². The number of esters is 1. The molecule has 0 saturated carbocycles. The first-order valence-corrected chi connectivity index (χ1v) is 7.22. The minimum absolute atomic E-state index is 0.413. The second-order valence-electron chi connectivity index (χ2n) is 6.33. The van der Waals surface area contributed by atoms with Crippen molar-refractivity contribution in [1.82, 2.24) is 0 Å². The SMILES string of the molecule is COC(=O)C1C=C(C)c2cc(F)ccc2N1C(=O)OC(C)(C)C. The van der Waals surface area contributed by atoms with Crippen molar-refractivity contribution in [1.29, 1.82) is 0 Å². The molecule has 1 unspecified atom stereocenters. The number of carbonyl (C=O) groups excluding carboxylic acids is 2. The molecule has 1 aromatic carbocycles. The van der Waals surface area contributed by atoms with Gasteiger partial charge in [-0.1, -0.05) is 0 Å². The highest BCUT2D eigenvalue weighted by Crippen LogP contribution is 2.35. The standard InChI is InChI=1S/C17H20FNO4/c1-10-8-14(15(20)22-5)19(16(21)23-17(2,3)4)13-7-6-11(18)9-12(10)13/h6-9,14H,1-5H3. The van der Waals surface area contributed by atoms with E-state index in [-0.39, 0.29) is 0 Å². The molecular formula is C17H20FNO4. The second kappa shape index (κ2) is 6.02. The monoisotopic (exact) mass is 321 g/mol. The highest BCUT2D eigenvalue weighted by Gasteiger charge is 2.37. The summed E-state index contributed by atoms with van der Waals surface area (Å²) in [5.74, 6) is -1.01. The molecule has 1 amide bonds. The maximum Gasteiger partial charge on any atom is 0.415 e. The van der Waals surface area contributed by atoms with Gasteiger partial charge in [-0.15, -0.1) is 0 Å². The quantitative estimate of drug-likeness (QED) is 0.743. The number of amides is 1. The molecule has 1 aliphatic heterocycles. The molecule has 23 heavy (non-hydrogen) atoms. The molecule has 0 aromatic heterocycles. The van der Waals surface area contributed by atoms with Crippen LogP contribution in [0.1, 0.15) is 33.3 Å². The summed E-state index contributed by atoms with van der Waals surface area (Å²) in [5.41, 5.74) is 0.913. The number of hydrogen-bond acceptors (Lipinski definition) is 4. The van der Waals surface area contributed by atoms with E-state index in [0.29, 0.717) is 16.8 Å². The fraction of sp³-hybridized carbons (Fsp3) is 0.412. The predicted molar refractivity (Wildman–Crippen MR) is 84.6 cm³/mol. The Morgan fingerprint density at radius 2 is 1.91 bits per heavy atom. The largest absolute Gasteiger partial charge is 0.467 e. The van der Waals surface area contributed by atoms with E-state index in [1.165, 1.54) is 30.2 Å². The lowest BCUT2D eigenvalue weighted by molar-refractivity contribution is -0.141. The van der Waals surface area contributed by atoms with Gasteiger partial charge >= 0.3 is 12.1 Å². The Labute approximate surface area is 134 Å². The number of hydrogen-bond donors (Lipinski definition) is 0. The summed E-state index contributed by atoms with van der Waals surface area (Å²) < 4.78 is 23.7. The Morgan fingerprint density at radius 3 is 2.48 bits per heavy atom. The Balaban J connectivity index is 2.54. The van der Waals surface area contributed by atoms with Crippen LogP contribution < -0.4 is 4.90 Å². The van der Waals surface area contributed by atoms with Gasteiger partial charge in [-0.05, 0) is 57.5 Å². The highest BCUT2D eigenvalue weighted by molar-refractivity contribution is 6.02. The zero-order chi connectivity index (χ0) is 17.4. The summed E-state index contributed by atoms with van der Waals surface area (Å²) >= 11 is 0. The van der Waals surface area contributed by atoms with Crippen LogP contribution in [-0.4, -0.2) is 30.8 Å². The van der Waals surface area contributed by atoms with Crippen molar-refractivity contribution >= 4 is 23.3 Å². The van der Waals surface area contributed by atoms with E-state index >= 15 is 0 Å². The average Bonchev–Trinajstić information content (AvgIpc) is 2.44. The van der Waals surface area contributed by atoms with E-state index in [0.717, 1.165) is 0 Å². The smallest absolute Gasteiger partial charge is 0.415 e. The Bertz CT molecular complexity index is 676. The minimum Gasteiger partial charge on any atom is -0.467 e. The summed E-state index contributed by atoms with van der Waals surface area (Å²) in [7, 11) is 1.25. The summed E-state index contributed by atoms with van der Waals surface area (Å²) in [6.07, 6.45) is 0.877. The lowest BCUT2D eigenvalue weighted by Crippen LogP contribution is -2.48. The maximum atomic E-state index is 13.5. The first kappa shape index (κ1) is 17.0. The van der Waals surface area contributed by atoms with Crippen LogP contribution >= 0.6 is 0 Å². The summed E-state index contributed by atoms with van der Waals surface area (Å²) in [4.78, 5) is 25.8. The van der Waals surface area contributed by atoms with Gasteiger partial charge < -0.3 is 9.47 Å². The zero-order valence-electron chi connectivity index (χ0n) is 13.8. The number of anilines is 1.